The molecule has 2 N–H and O–H groups in total. The number of likely N-dealkylation sites (tertiary alicyclic amines) is 1. The molecule has 1 amide bonds. The Bertz CT molecular complexity index is 308. The maximum Gasteiger partial charge on any atom is 0.245 e. The third-order valence-corrected chi connectivity index (χ3v) is 4.44. The molecule has 2 aliphatic heterocycles. The van der Waals surface area contributed by atoms with Gasteiger partial charge in [0.05, 0.1) is 6.61 Å². The second kappa shape index (κ2) is 6.20. The van der Waals surface area contributed by atoms with Gasteiger partial charge in [-0.3, -0.25) is 4.79 Å². The Morgan fingerprint density at radius 1 is 1.47 bits per heavy atom. The fraction of sp³-hybridized carbons (Fsp3) is 0.929. The van der Waals surface area contributed by atoms with Crippen LogP contribution in [0.2, 0.25) is 0 Å². The maximum absolute atomic E-state index is 12.5. The number of carbonyl (C=O) groups excluding carboxylic acids is 1. The molecule has 1 atom stereocenters. The first kappa shape index (κ1) is 14.8. The maximum atomic E-state index is 12.5. The van der Waals surface area contributed by atoms with Crippen molar-refractivity contribution < 1.29 is 9.53 Å². The minimum Gasteiger partial charge on any atom is -0.379 e. The summed E-state index contributed by atoms with van der Waals surface area (Å²) in [5.41, 5.74) is 5.38. The summed E-state index contributed by atoms with van der Waals surface area (Å²) in [6, 6.07) is 0.335. The highest BCUT2D eigenvalue weighted by Gasteiger charge is 2.42. The van der Waals surface area contributed by atoms with Crippen molar-refractivity contribution in [2.24, 2.45) is 5.73 Å². The Hall–Kier alpha value is -0.650. The number of nitrogens with two attached hydrogens (primary N) is 1. The van der Waals surface area contributed by atoms with Crippen LogP contribution >= 0.6 is 0 Å². The molecule has 110 valence electrons. The molecule has 0 radical (unpaired) electrons. The highest BCUT2D eigenvalue weighted by Crippen LogP contribution is 2.22. The van der Waals surface area contributed by atoms with Gasteiger partial charge in [0.1, 0.15) is 5.54 Å². The molecule has 0 aromatic heterocycles. The van der Waals surface area contributed by atoms with Gasteiger partial charge < -0.3 is 20.3 Å². The molecule has 1 unspecified atom stereocenters. The van der Waals surface area contributed by atoms with Crippen LogP contribution in [0, 0.1) is 0 Å². The summed E-state index contributed by atoms with van der Waals surface area (Å²) in [7, 11) is 1.90. The van der Waals surface area contributed by atoms with E-state index in [0.29, 0.717) is 25.7 Å². The average molecular weight is 269 g/mol. The quantitative estimate of drug-likeness (QED) is 0.804. The van der Waals surface area contributed by atoms with Gasteiger partial charge in [0.15, 0.2) is 0 Å². The minimum absolute atomic E-state index is 0.0546. The van der Waals surface area contributed by atoms with Crippen LogP contribution in [0.5, 0.6) is 0 Å². The Balaban J connectivity index is 1.87. The summed E-state index contributed by atoms with van der Waals surface area (Å²) < 4.78 is 5.29. The van der Waals surface area contributed by atoms with E-state index >= 15 is 0 Å². The molecule has 0 saturated carbocycles. The van der Waals surface area contributed by atoms with Crippen LogP contribution in [0.3, 0.4) is 0 Å². The standard InChI is InChI=1S/C14H27N3O2/c1-3-7-17-8-4-12(5-9-17)16(2)13(18)14(15)6-10-19-11-14/h12H,3-11,15H2,1-2H3. The molecule has 5 nitrogen and oxygen atoms in total. The lowest BCUT2D eigenvalue weighted by atomic mass is 9.95. The van der Waals surface area contributed by atoms with Gasteiger partial charge in [-0.15, -0.1) is 0 Å². The lowest BCUT2D eigenvalue weighted by Gasteiger charge is -2.39. The van der Waals surface area contributed by atoms with Crippen molar-refractivity contribution in [1.29, 1.82) is 0 Å². The zero-order valence-corrected chi connectivity index (χ0v) is 12.2. The van der Waals surface area contributed by atoms with Gasteiger partial charge >= 0.3 is 0 Å². The number of hydrogen-bond acceptors (Lipinski definition) is 4. The Morgan fingerprint density at radius 3 is 2.68 bits per heavy atom. The van der Waals surface area contributed by atoms with E-state index in [9.17, 15) is 4.79 Å². The largest absolute Gasteiger partial charge is 0.379 e. The third-order valence-electron chi connectivity index (χ3n) is 4.44. The highest BCUT2D eigenvalue weighted by molar-refractivity contribution is 5.86. The summed E-state index contributed by atoms with van der Waals surface area (Å²) in [5, 5.41) is 0. The zero-order chi connectivity index (χ0) is 13.9. The Labute approximate surface area is 116 Å². The molecule has 5 heteroatoms. The van der Waals surface area contributed by atoms with E-state index in [-0.39, 0.29) is 5.91 Å². The molecule has 0 aliphatic carbocycles. The van der Waals surface area contributed by atoms with Gasteiger partial charge in [0.25, 0.3) is 0 Å². The van der Waals surface area contributed by atoms with Crippen LogP contribution in [-0.4, -0.2) is 67.2 Å². The molecular formula is C14H27N3O2. The topological polar surface area (TPSA) is 58.8 Å². The van der Waals surface area contributed by atoms with Crippen molar-refractivity contribution in [3.63, 3.8) is 0 Å². The first-order valence-corrected chi connectivity index (χ1v) is 7.43. The molecule has 2 saturated heterocycles. The molecule has 0 aromatic rings. The molecule has 0 spiro atoms. The van der Waals surface area contributed by atoms with Crippen LogP contribution in [-0.2, 0) is 9.53 Å². The fourth-order valence-corrected chi connectivity index (χ4v) is 3.11. The number of hydrogen-bond donors (Lipinski definition) is 1. The molecule has 19 heavy (non-hydrogen) atoms. The number of piperidine rings is 1. The van der Waals surface area contributed by atoms with Crippen LogP contribution in [0.1, 0.15) is 32.6 Å². The van der Waals surface area contributed by atoms with Crippen molar-refractivity contribution in [3.05, 3.63) is 0 Å². The third kappa shape index (κ3) is 3.27. The predicted octanol–water partition coefficient (Wildman–Crippen LogP) is 0.437. The first-order valence-electron chi connectivity index (χ1n) is 7.43. The van der Waals surface area contributed by atoms with Crippen LogP contribution in [0.25, 0.3) is 0 Å². The van der Waals surface area contributed by atoms with E-state index in [1.165, 1.54) is 13.0 Å². The molecule has 0 bridgehead atoms. The molecule has 2 aliphatic rings. The van der Waals surface area contributed by atoms with Crippen LogP contribution < -0.4 is 5.73 Å². The highest BCUT2D eigenvalue weighted by atomic mass is 16.5. The van der Waals surface area contributed by atoms with Gasteiger partial charge in [-0.2, -0.15) is 0 Å². The van der Waals surface area contributed by atoms with Gasteiger partial charge in [0, 0.05) is 32.8 Å². The Kier molecular flexibility index (Phi) is 4.81. The van der Waals surface area contributed by atoms with Crippen LogP contribution in [0.4, 0.5) is 0 Å². The number of carbonyl (C=O) groups is 1. The summed E-state index contributed by atoms with van der Waals surface area (Å²) in [5.74, 6) is 0.0546. The summed E-state index contributed by atoms with van der Waals surface area (Å²) in [4.78, 5) is 16.8. The van der Waals surface area contributed by atoms with Gasteiger partial charge in [-0.05, 0) is 32.2 Å². The molecule has 2 rings (SSSR count). The minimum atomic E-state index is -0.782. The van der Waals surface area contributed by atoms with E-state index in [0.717, 1.165) is 25.9 Å². The number of ether oxygens (including phenoxy) is 1. The van der Waals surface area contributed by atoms with E-state index in [4.69, 9.17) is 10.5 Å². The number of amides is 1. The van der Waals surface area contributed by atoms with E-state index in [1.807, 2.05) is 11.9 Å². The van der Waals surface area contributed by atoms with Crippen molar-refractivity contribution in [2.75, 3.05) is 39.9 Å². The molecule has 2 fully saturated rings. The monoisotopic (exact) mass is 269 g/mol. The number of rotatable bonds is 4. The second-order valence-corrected chi connectivity index (χ2v) is 5.95. The van der Waals surface area contributed by atoms with Crippen molar-refractivity contribution in [3.8, 4) is 0 Å². The number of likely N-dealkylation sites (N-methyl/N-ethyl adjacent to an activating group) is 1. The molecule has 2 heterocycles. The van der Waals surface area contributed by atoms with Gasteiger partial charge in [0.2, 0.25) is 5.91 Å². The average Bonchev–Trinajstić information content (AvgIpc) is 2.86. The summed E-state index contributed by atoms with van der Waals surface area (Å²) >= 11 is 0. The van der Waals surface area contributed by atoms with E-state index < -0.39 is 5.54 Å². The predicted molar refractivity (Wildman–Crippen MR) is 74.9 cm³/mol. The summed E-state index contributed by atoms with van der Waals surface area (Å²) in [6.07, 6.45) is 3.95. The SMILES string of the molecule is CCCN1CCC(N(C)C(=O)C2(N)CCOC2)CC1. The fourth-order valence-electron chi connectivity index (χ4n) is 3.11. The van der Waals surface area contributed by atoms with E-state index in [1.54, 1.807) is 0 Å². The van der Waals surface area contributed by atoms with Crippen LogP contribution in [0.15, 0.2) is 0 Å². The lowest BCUT2D eigenvalue weighted by Crippen LogP contribution is -2.58. The normalized spacial score (nSPS) is 29.6. The smallest absolute Gasteiger partial charge is 0.245 e. The van der Waals surface area contributed by atoms with Gasteiger partial charge in [-0.25, -0.2) is 0 Å². The molecular weight excluding hydrogens is 242 g/mol. The van der Waals surface area contributed by atoms with E-state index in [2.05, 4.69) is 11.8 Å². The number of nitrogens with zero attached hydrogens (tertiary/aromatic N) is 2. The lowest BCUT2D eigenvalue weighted by molar-refractivity contribution is -0.138. The molecule has 0 aromatic carbocycles. The van der Waals surface area contributed by atoms with Crippen molar-refractivity contribution >= 4 is 5.91 Å². The van der Waals surface area contributed by atoms with Gasteiger partial charge in [-0.1, -0.05) is 6.92 Å². The zero-order valence-electron chi connectivity index (χ0n) is 12.2. The van der Waals surface area contributed by atoms with Crippen molar-refractivity contribution in [2.45, 2.75) is 44.2 Å². The first-order chi connectivity index (χ1) is 9.07. The van der Waals surface area contributed by atoms with Crippen molar-refractivity contribution in [1.82, 2.24) is 9.80 Å². The second-order valence-electron chi connectivity index (χ2n) is 5.95. The summed E-state index contributed by atoms with van der Waals surface area (Å²) in [6.45, 7) is 6.52. The Morgan fingerprint density at radius 2 is 2.16 bits per heavy atom.